The van der Waals surface area contributed by atoms with E-state index in [4.69, 9.17) is 0 Å². The molecule has 0 radical (unpaired) electrons. The average Bonchev–Trinajstić information content (AvgIpc) is 3.11. The van der Waals surface area contributed by atoms with E-state index in [1.165, 1.54) is 0 Å². The molecule has 128 valence electrons. The Morgan fingerprint density at radius 2 is 2.20 bits per heavy atom. The fourth-order valence-electron chi connectivity index (χ4n) is 4.17. The van der Waals surface area contributed by atoms with Crippen LogP contribution >= 0.6 is 0 Å². The standard InChI is InChI=1S/C19H20N4O2/c1-12-15(9-20)14-4-2-3-5-17(14)23(12)11-19(25)22-7-6-16-13(10-22)8-18(24)21-16/h2-5,13,16H,6-8,10-11H2,1H3,(H,21,24)/t13-,16+/m1/s1. The van der Waals surface area contributed by atoms with E-state index in [2.05, 4.69) is 11.4 Å². The summed E-state index contributed by atoms with van der Waals surface area (Å²) in [5.41, 5.74) is 2.37. The Kier molecular flexibility index (Phi) is 3.72. The van der Waals surface area contributed by atoms with Gasteiger partial charge in [-0.1, -0.05) is 18.2 Å². The molecule has 2 amide bonds. The van der Waals surface area contributed by atoms with Crippen molar-refractivity contribution in [2.75, 3.05) is 13.1 Å². The number of aromatic nitrogens is 1. The molecule has 2 aliphatic rings. The summed E-state index contributed by atoms with van der Waals surface area (Å²) < 4.78 is 1.93. The molecule has 2 saturated heterocycles. The molecule has 0 spiro atoms. The lowest BCUT2D eigenvalue weighted by Gasteiger charge is -2.34. The van der Waals surface area contributed by atoms with Gasteiger partial charge in [-0.25, -0.2) is 0 Å². The van der Waals surface area contributed by atoms with Crippen molar-refractivity contribution in [1.29, 1.82) is 5.26 Å². The maximum absolute atomic E-state index is 12.8. The second-order valence-electron chi connectivity index (χ2n) is 6.94. The average molecular weight is 336 g/mol. The van der Waals surface area contributed by atoms with Crippen LogP contribution in [0.25, 0.3) is 10.9 Å². The van der Waals surface area contributed by atoms with Crippen LogP contribution in [0.5, 0.6) is 0 Å². The van der Waals surface area contributed by atoms with Gasteiger partial charge in [0.25, 0.3) is 0 Å². The Balaban J connectivity index is 1.58. The number of hydrogen-bond donors (Lipinski definition) is 1. The van der Waals surface area contributed by atoms with Crippen LogP contribution in [0.15, 0.2) is 24.3 Å². The fourth-order valence-corrected chi connectivity index (χ4v) is 4.17. The first-order valence-corrected chi connectivity index (χ1v) is 8.63. The van der Waals surface area contributed by atoms with Crippen molar-refractivity contribution in [2.24, 2.45) is 5.92 Å². The fraction of sp³-hybridized carbons (Fsp3) is 0.421. The summed E-state index contributed by atoms with van der Waals surface area (Å²) in [6, 6.07) is 10.2. The third-order valence-corrected chi connectivity index (χ3v) is 5.52. The first-order valence-electron chi connectivity index (χ1n) is 8.63. The maximum Gasteiger partial charge on any atom is 0.242 e. The minimum Gasteiger partial charge on any atom is -0.353 e. The highest BCUT2D eigenvalue weighted by Gasteiger charge is 2.38. The van der Waals surface area contributed by atoms with Gasteiger partial charge in [-0.2, -0.15) is 5.26 Å². The number of amides is 2. The molecule has 0 aliphatic carbocycles. The summed E-state index contributed by atoms with van der Waals surface area (Å²) in [7, 11) is 0. The number of nitrogens with zero attached hydrogens (tertiary/aromatic N) is 3. The van der Waals surface area contributed by atoms with E-state index in [0.717, 1.165) is 23.0 Å². The summed E-state index contributed by atoms with van der Waals surface area (Å²) in [6.45, 7) is 3.42. The number of hydrogen-bond acceptors (Lipinski definition) is 3. The number of carbonyl (C=O) groups excluding carboxylic acids is 2. The number of rotatable bonds is 2. The van der Waals surface area contributed by atoms with Gasteiger partial charge in [0.15, 0.2) is 0 Å². The van der Waals surface area contributed by atoms with E-state index in [1.807, 2.05) is 40.7 Å². The predicted molar refractivity (Wildman–Crippen MR) is 92.6 cm³/mol. The van der Waals surface area contributed by atoms with Gasteiger partial charge in [0, 0.05) is 42.6 Å². The third-order valence-electron chi connectivity index (χ3n) is 5.52. The zero-order chi connectivity index (χ0) is 17.6. The number of benzene rings is 1. The Hall–Kier alpha value is -2.81. The molecule has 6 heteroatoms. The summed E-state index contributed by atoms with van der Waals surface area (Å²) in [4.78, 5) is 26.3. The molecule has 4 rings (SSSR count). The number of nitriles is 1. The highest BCUT2D eigenvalue weighted by atomic mass is 16.2. The van der Waals surface area contributed by atoms with Gasteiger partial charge in [0.1, 0.15) is 12.6 Å². The van der Waals surface area contributed by atoms with Crippen LogP contribution in [-0.4, -0.2) is 40.4 Å². The smallest absolute Gasteiger partial charge is 0.242 e. The lowest BCUT2D eigenvalue weighted by atomic mass is 9.93. The number of para-hydroxylation sites is 1. The van der Waals surface area contributed by atoms with Crippen molar-refractivity contribution in [3.8, 4) is 6.07 Å². The van der Waals surface area contributed by atoms with Crippen LogP contribution in [-0.2, 0) is 16.1 Å². The first kappa shape index (κ1) is 15.7. The van der Waals surface area contributed by atoms with Crippen LogP contribution in [0.3, 0.4) is 0 Å². The van der Waals surface area contributed by atoms with Crippen molar-refractivity contribution < 1.29 is 9.59 Å². The molecular weight excluding hydrogens is 316 g/mol. The Morgan fingerprint density at radius 1 is 1.40 bits per heavy atom. The van der Waals surface area contributed by atoms with Crippen molar-refractivity contribution in [3.63, 3.8) is 0 Å². The second kappa shape index (κ2) is 5.92. The van der Waals surface area contributed by atoms with Crippen LogP contribution in [0.1, 0.15) is 24.1 Å². The van der Waals surface area contributed by atoms with E-state index < -0.39 is 0 Å². The quantitative estimate of drug-likeness (QED) is 0.904. The van der Waals surface area contributed by atoms with Gasteiger partial charge in [-0.15, -0.1) is 0 Å². The van der Waals surface area contributed by atoms with Crippen molar-refractivity contribution in [2.45, 2.75) is 32.4 Å². The molecule has 2 atom stereocenters. The van der Waals surface area contributed by atoms with E-state index in [0.29, 0.717) is 25.1 Å². The largest absolute Gasteiger partial charge is 0.353 e. The molecule has 1 aromatic carbocycles. The maximum atomic E-state index is 12.8. The zero-order valence-corrected chi connectivity index (χ0v) is 14.2. The van der Waals surface area contributed by atoms with Crippen molar-refractivity contribution >= 4 is 22.7 Å². The molecular formula is C19H20N4O2. The van der Waals surface area contributed by atoms with Crippen LogP contribution in [0.4, 0.5) is 0 Å². The van der Waals surface area contributed by atoms with Gasteiger partial charge < -0.3 is 14.8 Å². The Morgan fingerprint density at radius 3 is 3.00 bits per heavy atom. The van der Waals surface area contributed by atoms with Gasteiger partial charge in [-0.05, 0) is 19.4 Å². The first-order chi connectivity index (χ1) is 12.1. The van der Waals surface area contributed by atoms with Crippen molar-refractivity contribution in [1.82, 2.24) is 14.8 Å². The molecule has 1 N–H and O–H groups in total. The highest BCUT2D eigenvalue weighted by Crippen LogP contribution is 2.27. The molecule has 2 fully saturated rings. The summed E-state index contributed by atoms with van der Waals surface area (Å²) >= 11 is 0. The van der Waals surface area contributed by atoms with Gasteiger partial charge in [0.2, 0.25) is 11.8 Å². The monoisotopic (exact) mass is 336 g/mol. The molecule has 2 aromatic rings. The van der Waals surface area contributed by atoms with E-state index in [-0.39, 0.29) is 30.3 Å². The molecule has 6 nitrogen and oxygen atoms in total. The van der Waals surface area contributed by atoms with Gasteiger partial charge in [0.05, 0.1) is 11.1 Å². The Bertz CT molecular complexity index is 908. The van der Waals surface area contributed by atoms with Crippen LogP contribution in [0, 0.1) is 24.2 Å². The minimum absolute atomic E-state index is 0.0474. The minimum atomic E-state index is 0.0474. The highest BCUT2D eigenvalue weighted by molar-refractivity contribution is 5.89. The number of piperidine rings is 1. The number of carbonyl (C=O) groups is 2. The van der Waals surface area contributed by atoms with E-state index >= 15 is 0 Å². The van der Waals surface area contributed by atoms with Gasteiger partial charge in [-0.3, -0.25) is 9.59 Å². The second-order valence-corrected chi connectivity index (χ2v) is 6.94. The van der Waals surface area contributed by atoms with Crippen LogP contribution < -0.4 is 5.32 Å². The molecule has 0 bridgehead atoms. The van der Waals surface area contributed by atoms with E-state index in [9.17, 15) is 14.9 Å². The summed E-state index contributed by atoms with van der Waals surface area (Å²) in [6.07, 6.45) is 1.33. The van der Waals surface area contributed by atoms with Gasteiger partial charge >= 0.3 is 0 Å². The predicted octanol–water partition coefficient (Wildman–Crippen LogP) is 1.56. The van der Waals surface area contributed by atoms with E-state index in [1.54, 1.807) is 0 Å². The lowest BCUT2D eigenvalue weighted by molar-refractivity contribution is -0.133. The summed E-state index contributed by atoms with van der Waals surface area (Å²) in [5.74, 6) is 0.365. The summed E-state index contributed by atoms with van der Waals surface area (Å²) in [5, 5.41) is 13.3. The van der Waals surface area contributed by atoms with Crippen molar-refractivity contribution in [3.05, 3.63) is 35.5 Å². The molecule has 2 aliphatic heterocycles. The SMILES string of the molecule is Cc1c(C#N)c2ccccc2n1CC(=O)N1CC[C@@H]2NC(=O)C[C@@H]2C1. The normalized spacial score (nSPS) is 22.6. The van der Waals surface area contributed by atoms with Crippen LogP contribution in [0.2, 0.25) is 0 Å². The molecule has 1 aromatic heterocycles. The lowest BCUT2D eigenvalue weighted by Crippen LogP contribution is -2.48. The number of likely N-dealkylation sites (tertiary alicyclic amines) is 1. The molecule has 3 heterocycles. The number of fused-ring (bicyclic) bond motifs is 2. The zero-order valence-electron chi connectivity index (χ0n) is 14.2. The molecule has 0 saturated carbocycles. The number of nitrogens with one attached hydrogen (secondary N) is 1. The topological polar surface area (TPSA) is 78.1 Å². The molecule has 0 unspecified atom stereocenters. The Labute approximate surface area is 146 Å². The third kappa shape index (κ3) is 2.56. The molecule has 25 heavy (non-hydrogen) atoms.